The van der Waals surface area contributed by atoms with Crippen molar-refractivity contribution in [2.75, 3.05) is 6.61 Å². The van der Waals surface area contributed by atoms with Crippen LogP contribution in [0.1, 0.15) is 45.4 Å². The van der Waals surface area contributed by atoms with Gasteiger partial charge in [0.05, 0.1) is 0 Å². The molecular formula is C18H25NO3. The summed E-state index contributed by atoms with van der Waals surface area (Å²) in [7, 11) is 0. The Bertz CT molecular complexity index is 471. The molecule has 0 aromatic heterocycles. The number of rotatable bonds is 5. The topological polar surface area (TPSA) is 55.4 Å². The molecule has 0 aromatic carbocycles. The quantitative estimate of drug-likeness (QED) is 0.483. The zero-order valence-corrected chi connectivity index (χ0v) is 13.2. The highest BCUT2D eigenvalue weighted by molar-refractivity contribution is 5.86. The number of carbonyl (C=O) groups excluding carboxylic acids is 2. The van der Waals surface area contributed by atoms with Crippen LogP contribution in [0.5, 0.6) is 0 Å². The summed E-state index contributed by atoms with van der Waals surface area (Å²) in [6.07, 6.45) is 13.9. The molecule has 4 aliphatic rings. The molecule has 4 heteroatoms. The van der Waals surface area contributed by atoms with Gasteiger partial charge >= 0.3 is 5.97 Å². The van der Waals surface area contributed by atoms with Gasteiger partial charge in [-0.15, -0.1) is 0 Å². The third-order valence-corrected chi connectivity index (χ3v) is 5.32. The van der Waals surface area contributed by atoms with Gasteiger partial charge in [-0.25, -0.2) is 4.79 Å². The van der Waals surface area contributed by atoms with Gasteiger partial charge in [-0.2, -0.15) is 0 Å². The highest BCUT2D eigenvalue weighted by Gasteiger charge is 2.51. The maximum absolute atomic E-state index is 12.1. The number of hydrogen-bond donors (Lipinski definition) is 1. The molecule has 0 unspecified atom stereocenters. The van der Waals surface area contributed by atoms with Crippen molar-refractivity contribution < 1.29 is 14.3 Å². The normalized spacial score (nSPS) is 36.1. The number of esters is 1. The molecule has 0 radical (unpaired) electrons. The molecule has 0 spiro atoms. The maximum Gasteiger partial charge on any atom is 0.331 e. The second kappa shape index (κ2) is 6.27. The van der Waals surface area contributed by atoms with Crippen LogP contribution in [0, 0.1) is 17.8 Å². The zero-order valence-electron chi connectivity index (χ0n) is 13.2. The number of ether oxygens (including phenoxy) is 1. The Hall–Kier alpha value is -1.58. The lowest BCUT2D eigenvalue weighted by Crippen LogP contribution is -2.60. The van der Waals surface area contributed by atoms with E-state index in [0.29, 0.717) is 0 Å². The second-order valence-electron chi connectivity index (χ2n) is 7.24. The molecule has 4 nitrogen and oxygen atoms in total. The number of nitrogens with one attached hydrogen (secondary N) is 1. The van der Waals surface area contributed by atoms with E-state index in [2.05, 4.69) is 5.32 Å². The molecule has 22 heavy (non-hydrogen) atoms. The molecule has 4 saturated carbocycles. The summed E-state index contributed by atoms with van der Waals surface area (Å²) in [5, 5.41) is 3.19. The molecule has 0 atom stereocenters. The standard InChI is InChI=1S/C18H25NO3/c1-2-3-4-5-17(21)22-12-16(20)19-18-9-13-6-14(10-18)8-15(7-13)11-18/h2-5,13-15H,6-12H2,1H3,(H,19,20). The average Bonchev–Trinajstić information content (AvgIpc) is 2.43. The molecule has 1 N–H and O–H groups in total. The van der Waals surface area contributed by atoms with Crippen LogP contribution in [0.2, 0.25) is 0 Å². The summed E-state index contributed by atoms with van der Waals surface area (Å²) < 4.78 is 4.99. The van der Waals surface area contributed by atoms with Crippen LogP contribution in [0.4, 0.5) is 0 Å². The molecule has 0 aromatic rings. The van der Waals surface area contributed by atoms with Gasteiger partial charge in [0.25, 0.3) is 5.91 Å². The average molecular weight is 303 g/mol. The lowest BCUT2D eigenvalue weighted by atomic mass is 9.53. The molecular weight excluding hydrogens is 278 g/mol. The van der Waals surface area contributed by atoms with E-state index in [1.807, 2.05) is 13.0 Å². The summed E-state index contributed by atoms with van der Waals surface area (Å²) in [4.78, 5) is 23.6. The van der Waals surface area contributed by atoms with E-state index in [-0.39, 0.29) is 18.1 Å². The summed E-state index contributed by atoms with van der Waals surface area (Å²) in [5.41, 5.74) is -0.0149. The van der Waals surface area contributed by atoms with Gasteiger partial charge in [-0.1, -0.05) is 18.2 Å². The molecule has 0 saturated heterocycles. The lowest BCUT2D eigenvalue weighted by molar-refractivity contribution is -0.145. The van der Waals surface area contributed by atoms with E-state index < -0.39 is 5.97 Å². The highest BCUT2D eigenvalue weighted by atomic mass is 16.5. The second-order valence-corrected chi connectivity index (χ2v) is 7.24. The van der Waals surface area contributed by atoms with Gasteiger partial charge in [0.15, 0.2) is 6.61 Å². The Morgan fingerprint density at radius 2 is 1.68 bits per heavy atom. The predicted molar refractivity (Wildman–Crippen MR) is 84.0 cm³/mol. The van der Waals surface area contributed by atoms with Crippen LogP contribution in [0.3, 0.4) is 0 Å². The van der Waals surface area contributed by atoms with Crippen molar-refractivity contribution in [2.45, 2.75) is 51.0 Å². The monoisotopic (exact) mass is 303 g/mol. The van der Waals surface area contributed by atoms with Crippen molar-refractivity contribution in [3.05, 3.63) is 24.3 Å². The third-order valence-electron chi connectivity index (χ3n) is 5.32. The highest BCUT2D eigenvalue weighted by Crippen LogP contribution is 2.55. The molecule has 4 bridgehead atoms. The van der Waals surface area contributed by atoms with Crippen molar-refractivity contribution in [1.82, 2.24) is 5.32 Å². The fraction of sp³-hybridized carbons (Fsp3) is 0.667. The largest absolute Gasteiger partial charge is 0.452 e. The fourth-order valence-corrected chi connectivity index (χ4v) is 5.03. The Balaban J connectivity index is 1.49. The van der Waals surface area contributed by atoms with Gasteiger partial charge in [-0.3, -0.25) is 4.79 Å². The first-order valence-corrected chi connectivity index (χ1v) is 8.36. The van der Waals surface area contributed by atoms with Crippen LogP contribution in [-0.4, -0.2) is 24.0 Å². The smallest absolute Gasteiger partial charge is 0.331 e. The van der Waals surface area contributed by atoms with Gasteiger partial charge in [0.1, 0.15) is 0 Å². The lowest BCUT2D eigenvalue weighted by Gasteiger charge is -2.56. The Morgan fingerprint density at radius 1 is 1.09 bits per heavy atom. The minimum absolute atomic E-state index is 0.0149. The van der Waals surface area contributed by atoms with E-state index >= 15 is 0 Å². The number of carbonyl (C=O) groups is 2. The Kier molecular flexibility index (Phi) is 4.37. The van der Waals surface area contributed by atoms with Gasteiger partial charge in [-0.05, 0) is 63.2 Å². The Morgan fingerprint density at radius 3 is 2.23 bits per heavy atom. The molecule has 0 heterocycles. The van der Waals surface area contributed by atoms with Gasteiger partial charge in [0.2, 0.25) is 0 Å². The maximum atomic E-state index is 12.1. The van der Waals surface area contributed by atoms with E-state index in [0.717, 1.165) is 37.0 Å². The third kappa shape index (κ3) is 3.42. The number of amides is 1. The Labute approximate surface area is 132 Å². The SMILES string of the molecule is CC=CC=CC(=O)OCC(=O)NC12CC3CC(CC(C3)C1)C2. The van der Waals surface area contributed by atoms with Crippen LogP contribution >= 0.6 is 0 Å². The van der Waals surface area contributed by atoms with E-state index in [1.54, 1.807) is 12.2 Å². The fourth-order valence-electron chi connectivity index (χ4n) is 5.03. The summed E-state index contributed by atoms with van der Waals surface area (Å²) in [6.45, 7) is 1.69. The molecule has 4 rings (SSSR count). The minimum Gasteiger partial charge on any atom is -0.452 e. The predicted octanol–water partition coefficient (Wildman–Crippen LogP) is 2.75. The van der Waals surface area contributed by atoms with Crippen molar-refractivity contribution in [2.24, 2.45) is 17.8 Å². The van der Waals surface area contributed by atoms with Gasteiger partial charge in [0, 0.05) is 11.6 Å². The first kappa shape index (κ1) is 15.3. The summed E-state index contributed by atoms with van der Waals surface area (Å²) >= 11 is 0. The van der Waals surface area contributed by atoms with Crippen molar-refractivity contribution in [1.29, 1.82) is 0 Å². The van der Waals surface area contributed by atoms with E-state index in [4.69, 9.17) is 4.74 Å². The van der Waals surface area contributed by atoms with Crippen LogP contribution in [0.25, 0.3) is 0 Å². The molecule has 1 amide bonds. The van der Waals surface area contributed by atoms with Crippen LogP contribution in [-0.2, 0) is 14.3 Å². The number of hydrogen-bond acceptors (Lipinski definition) is 3. The zero-order chi connectivity index (χ0) is 15.6. The molecule has 4 aliphatic carbocycles. The minimum atomic E-state index is -0.473. The van der Waals surface area contributed by atoms with Crippen molar-refractivity contribution >= 4 is 11.9 Å². The first-order valence-electron chi connectivity index (χ1n) is 8.36. The summed E-state index contributed by atoms with van der Waals surface area (Å²) in [5.74, 6) is 1.74. The molecule has 0 aliphatic heterocycles. The van der Waals surface area contributed by atoms with Crippen LogP contribution < -0.4 is 5.32 Å². The number of allylic oxidation sites excluding steroid dienone is 3. The van der Waals surface area contributed by atoms with Crippen molar-refractivity contribution in [3.8, 4) is 0 Å². The van der Waals surface area contributed by atoms with Crippen LogP contribution in [0.15, 0.2) is 24.3 Å². The van der Waals surface area contributed by atoms with Crippen molar-refractivity contribution in [3.63, 3.8) is 0 Å². The van der Waals surface area contributed by atoms with E-state index in [1.165, 1.54) is 25.3 Å². The molecule has 120 valence electrons. The van der Waals surface area contributed by atoms with Gasteiger partial charge < -0.3 is 10.1 Å². The summed E-state index contributed by atoms with van der Waals surface area (Å²) in [6, 6.07) is 0. The van der Waals surface area contributed by atoms with E-state index in [9.17, 15) is 9.59 Å². The molecule has 4 fully saturated rings. The first-order chi connectivity index (χ1) is 10.6.